The zero-order valence-corrected chi connectivity index (χ0v) is 11.0. The van der Waals surface area contributed by atoms with E-state index >= 15 is 0 Å². The maximum absolute atomic E-state index is 11.8. The van der Waals surface area contributed by atoms with Gasteiger partial charge in [0.1, 0.15) is 5.60 Å². The Balaban J connectivity index is 2.18. The van der Waals surface area contributed by atoms with Crippen molar-refractivity contribution in [2.45, 2.75) is 45.1 Å². The van der Waals surface area contributed by atoms with E-state index in [0.29, 0.717) is 18.1 Å². The van der Waals surface area contributed by atoms with E-state index in [9.17, 15) is 4.79 Å². The standard InChI is InChI=1S/C14H22O3/c1-10(2)12(15)17-13(3)7-11-5-6-14(13,8-11)9-16-4/h11H,1,5-9H2,2-4H3. The topological polar surface area (TPSA) is 35.5 Å². The van der Waals surface area contributed by atoms with Crippen LogP contribution < -0.4 is 0 Å². The summed E-state index contributed by atoms with van der Waals surface area (Å²) in [6.07, 6.45) is 4.44. The van der Waals surface area contributed by atoms with Crippen molar-refractivity contribution in [2.75, 3.05) is 13.7 Å². The number of carbonyl (C=O) groups is 1. The van der Waals surface area contributed by atoms with Gasteiger partial charge in [0.2, 0.25) is 0 Å². The number of hydrogen-bond donors (Lipinski definition) is 0. The molecule has 0 heterocycles. The van der Waals surface area contributed by atoms with Crippen LogP contribution in [0.5, 0.6) is 0 Å². The van der Waals surface area contributed by atoms with Crippen LogP contribution >= 0.6 is 0 Å². The first-order valence-electron chi connectivity index (χ1n) is 6.30. The summed E-state index contributed by atoms with van der Waals surface area (Å²) in [6, 6.07) is 0. The summed E-state index contributed by atoms with van der Waals surface area (Å²) in [4.78, 5) is 11.8. The lowest BCUT2D eigenvalue weighted by atomic mass is 9.72. The third-order valence-electron chi connectivity index (χ3n) is 4.60. The molecule has 3 atom stereocenters. The van der Waals surface area contributed by atoms with Gasteiger partial charge in [0.05, 0.1) is 6.61 Å². The molecular formula is C14H22O3. The molecule has 2 fully saturated rings. The van der Waals surface area contributed by atoms with Gasteiger partial charge in [-0.2, -0.15) is 0 Å². The fraction of sp³-hybridized carbons (Fsp3) is 0.786. The summed E-state index contributed by atoms with van der Waals surface area (Å²) < 4.78 is 11.1. The maximum Gasteiger partial charge on any atom is 0.333 e. The fourth-order valence-corrected chi connectivity index (χ4v) is 3.66. The smallest absolute Gasteiger partial charge is 0.333 e. The van der Waals surface area contributed by atoms with Gasteiger partial charge in [-0.3, -0.25) is 0 Å². The summed E-state index contributed by atoms with van der Waals surface area (Å²) in [5.74, 6) is 0.420. The molecule has 96 valence electrons. The molecule has 0 aromatic heterocycles. The van der Waals surface area contributed by atoms with Crippen molar-refractivity contribution in [3.8, 4) is 0 Å². The Morgan fingerprint density at radius 3 is 2.71 bits per heavy atom. The van der Waals surface area contributed by atoms with E-state index in [4.69, 9.17) is 9.47 Å². The van der Waals surface area contributed by atoms with E-state index in [1.54, 1.807) is 14.0 Å². The third kappa shape index (κ3) is 1.90. The minimum absolute atomic E-state index is 0.0253. The van der Waals surface area contributed by atoms with E-state index < -0.39 is 0 Å². The van der Waals surface area contributed by atoms with Crippen LogP contribution in [-0.2, 0) is 14.3 Å². The first-order valence-corrected chi connectivity index (χ1v) is 6.30. The summed E-state index contributed by atoms with van der Waals surface area (Å²) in [5, 5.41) is 0. The lowest BCUT2D eigenvalue weighted by Gasteiger charge is -2.43. The van der Waals surface area contributed by atoms with Crippen LogP contribution in [0.1, 0.15) is 39.5 Å². The van der Waals surface area contributed by atoms with Gasteiger partial charge in [-0.1, -0.05) is 6.58 Å². The average molecular weight is 238 g/mol. The van der Waals surface area contributed by atoms with Crippen LogP contribution in [0.15, 0.2) is 12.2 Å². The van der Waals surface area contributed by atoms with Gasteiger partial charge in [-0.05, 0) is 45.4 Å². The predicted molar refractivity (Wildman–Crippen MR) is 65.6 cm³/mol. The molecule has 0 amide bonds. The number of methoxy groups -OCH3 is 1. The number of hydrogen-bond acceptors (Lipinski definition) is 3. The zero-order chi connectivity index (χ0) is 12.7. The summed E-state index contributed by atoms with van der Waals surface area (Å²) in [6.45, 7) is 8.10. The van der Waals surface area contributed by atoms with Crippen molar-refractivity contribution < 1.29 is 14.3 Å². The summed E-state index contributed by atoms with van der Waals surface area (Å²) >= 11 is 0. The Bertz CT molecular complexity index is 349. The Hall–Kier alpha value is -0.830. The van der Waals surface area contributed by atoms with Crippen molar-refractivity contribution in [1.29, 1.82) is 0 Å². The minimum atomic E-state index is -0.373. The van der Waals surface area contributed by atoms with Gasteiger partial charge in [-0.25, -0.2) is 4.79 Å². The van der Waals surface area contributed by atoms with E-state index in [-0.39, 0.29) is 17.0 Å². The van der Waals surface area contributed by atoms with Gasteiger partial charge < -0.3 is 9.47 Å². The molecule has 17 heavy (non-hydrogen) atoms. The molecule has 2 rings (SSSR count). The van der Waals surface area contributed by atoms with E-state index in [1.807, 2.05) is 0 Å². The van der Waals surface area contributed by atoms with E-state index in [1.165, 1.54) is 6.42 Å². The van der Waals surface area contributed by atoms with Crippen LogP contribution in [0.3, 0.4) is 0 Å². The second kappa shape index (κ2) is 4.13. The highest BCUT2D eigenvalue weighted by atomic mass is 16.6. The molecule has 2 saturated carbocycles. The molecular weight excluding hydrogens is 216 g/mol. The number of ether oxygens (including phenoxy) is 2. The van der Waals surface area contributed by atoms with Gasteiger partial charge in [0.15, 0.2) is 0 Å². The van der Waals surface area contributed by atoms with Gasteiger partial charge >= 0.3 is 5.97 Å². The second-order valence-corrected chi connectivity index (χ2v) is 5.93. The normalized spacial score (nSPS) is 39.4. The predicted octanol–water partition coefficient (Wildman–Crippen LogP) is 2.70. The zero-order valence-electron chi connectivity index (χ0n) is 11.0. The first kappa shape index (κ1) is 12.6. The highest BCUT2D eigenvalue weighted by Gasteiger charge is 2.61. The summed E-state index contributed by atoms with van der Waals surface area (Å²) in [7, 11) is 1.72. The van der Waals surface area contributed by atoms with Crippen molar-refractivity contribution >= 4 is 5.97 Å². The van der Waals surface area contributed by atoms with E-state index in [2.05, 4.69) is 13.5 Å². The van der Waals surface area contributed by atoms with Gasteiger partial charge in [0, 0.05) is 18.1 Å². The SMILES string of the molecule is C=C(C)C(=O)OC1(C)CC2CCC1(COC)C2. The molecule has 0 aromatic rings. The quantitative estimate of drug-likeness (QED) is 0.558. The largest absolute Gasteiger partial charge is 0.455 e. The highest BCUT2D eigenvalue weighted by molar-refractivity contribution is 5.87. The van der Waals surface area contributed by atoms with Crippen LogP contribution in [-0.4, -0.2) is 25.3 Å². The molecule has 2 aliphatic rings. The van der Waals surface area contributed by atoms with Gasteiger partial charge in [-0.15, -0.1) is 0 Å². The second-order valence-electron chi connectivity index (χ2n) is 5.93. The minimum Gasteiger partial charge on any atom is -0.455 e. The molecule has 2 bridgehead atoms. The number of rotatable bonds is 4. The first-order chi connectivity index (χ1) is 7.92. The van der Waals surface area contributed by atoms with E-state index in [0.717, 1.165) is 19.3 Å². The Labute approximate surface area is 103 Å². The molecule has 0 N–H and O–H groups in total. The van der Waals surface area contributed by atoms with Crippen molar-refractivity contribution in [1.82, 2.24) is 0 Å². The lowest BCUT2D eigenvalue weighted by molar-refractivity contribution is -0.172. The summed E-state index contributed by atoms with van der Waals surface area (Å²) in [5.41, 5.74) is 0.126. The van der Waals surface area contributed by atoms with Gasteiger partial charge in [0.25, 0.3) is 0 Å². The molecule has 0 aliphatic heterocycles. The molecule has 0 saturated heterocycles. The molecule has 0 aromatic carbocycles. The maximum atomic E-state index is 11.8. The Morgan fingerprint density at radius 2 is 2.18 bits per heavy atom. The van der Waals surface area contributed by atoms with Crippen molar-refractivity contribution in [3.63, 3.8) is 0 Å². The molecule has 0 spiro atoms. The van der Waals surface area contributed by atoms with Crippen molar-refractivity contribution in [3.05, 3.63) is 12.2 Å². The van der Waals surface area contributed by atoms with Crippen LogP contribution in [0, 0.1) is 11.3 Å². The van der Waals surface area contributed by atoms with Crippen LogP contribution in [0.2, 0.25) is 0 Å². The molecule has 0 radical (unpaired) electrons. The van der Waals surface area contributed by atoms with Crippen LogP contribution in [0.25, 0.3) is 0 Å². The molecule has 3 heteroatoms. The fourth-order valence-electron chi connectivity index (χ4n) is 3.66. The van der Waals surface area contributed by atoms with Crippen LogP contribution in [0.4, 0.5) is 0 Å². The molecule has 2 aliphatic carbocycles. The lowest BCUT2D eigenvalue weighted by Crippen LogP contribution is -2.48. The monoisotopic (exact) mass is 238 g/mol. The number of carbonyl (C=O) groups excluding carboxylic acids is 1. The van der Waals surface area contributed by atoms with Crippen molar-refractivity contribution in [2.24, 2.45) is 11.3 Å². The number of esters is 1. The Kier molecular flexibility index (Phi) is 3.06. The Morgan fingerprint density at radius 1 is 1.47 bits per heavy atom. The average Bonchev–Trinajstić information content (AvgIpc) is 2.72. The third-order valence-corrected chi connectivity index (χ3v) is 4.60. The molecule has 3 unspecified atom stereocenters. The molecule has 3 nitrogen and oxygen atoms in total. The number of fused-ring (bicyclic) bond motifs is 2. The highest BCUT2D eigenvalue weighted by Crippen LogP contribution is 2.61.